The summed E-state index contributed by atoms with van der Waals surface area (Å²) in [4.78, 5) is 0.261. The summed E-state index contributed by atoms with van der Waals surface area (Å²) in [5.41, 5.74) is 0. The number of nitrogens with zero attached hydrogens (tertiary/aromatic N) is 2. The van der Waals surface area contributed by atoms with Gasteiger partial charge in [-0.15, -0.1) is 0 Å². The van der Waals surface area contributed by atoms with Crippen LogP contribution in [0.25, 0.3) is 0 Å². The molecule has 0 spiro atoms. The maximum atomic E-state index is 12.2. The third kappa shape index (κ3) is 2.63. The fraction of sp³-hybridized carbons (Fsp3) is 0.600. The highest BCUT2D eigenvalue weighted by atomic mass is 32.2. The van der Waals surface area contributed by atoms with Crippen molar-refractivity contribution in [3.05, 3.63) is 18.5 Å². The molecule has 1 aromatic heterocycles. The van der Waals surface area contributed by atoms with Crippen molar-refractivity contribution in [1.29, 1.82) is 0 Å². The number of hydrogen-bond acceptors (Lipinski definition) is 3. The third-order valence-corrected chi connectivity index (χ3v) is 4.37. The van der Waals surface area contributed by atoms with Gasteiger partial charge in [-0.25, -0.2) is 8.42 Å². The monoisotopic (exact) mass is 246 g/mol. The van der Waals surface area contributed by atoms with Crippen LogP contribution in [0.15, 0.2) is 23.4 Å². The average molecular weight is 246 g/mol. The van der Waals surface area contributed by atoms with Gasteiger partial charge in [0.1, 0.15) is 0 Å². The van der Waals surface area contributed by atoms with E-state index < -0.39 is 10.0 Å². The molecule has 16 heavy (non-hydrogen) atoms. The van der Waals surface area contributed by atoms with E-state index in [0.29, 0.717) is 0 Å². The highest BCUT2D eigenvalue weighted by Gasteiger charge is 2.26. The van der Waals surface area contributed by atoms with Crippen LogP contribution in [0.4, 0.5) is 0 Å². The van der Waals surface area contributed by atoms with E-state index in [9.17, 15) is 8.42 Å². The Bertz CT molecular complexity index is 437. The lowest BCUT2D eigenvalue weighted by Crippen LogP contribution is -2.38. The van der Waals surface area contributed by atoms with Gasteiger partial charge in [0, 0.05) is 32.0 Å². The van der Waals surface area contributed by atoms with Crippen LogP contribution in [0.2, 0.25) is 0 Å². The second-order valence-corrected chi connectivity index (χ2v) is 5.84. The second kappa shape index (κ2) is 4.99. The largest absolute Gasteiger partial charge is 0.395 e. The van der Waals surface area contributed by atoms with Crippen LogP contribution < -0.4 is 0 Å². The fourth-order valence-corrected chi connectivity index (χ4v) is 3.20. The van der Waals surface area contributed by atoms with Gasteiger partial charge < -0.3 is 9.67 Å². The van der Waals surface area contributed by atoms with E-state index in [-0.39, 0.29) is 24.1 Å². The topological polar surface area (TPSA) is 62.5 Å². The number of aryl methyl sites for hydroxylation is 1. The van der Waals surface area contributed by atoms with Crippen molar-refractivity contribution in [1.82, 2.24) is 8.87 Å². The molecule has 0 fully saturated rings. The molecule has 1 heterocycles. The Morgan fingerprint density at radius 1 is 1.50 bits per heavy atom. The normalized spacial score (nSPS) is 12.6. The predicted octanol–water partition coefficient (Wildman–Crippen LogP) is 0.416. The number of aliphatic hydroxyl groups is 1. The van der Waals surface area contributed by atoms with Crippen molar-refractivity contribution >= 4 is 10.0 Å². The Kier molecular flexibility index (Phi) is 4.12. The Labute approximate surface area is 96.4 Å². The van der Waals surface area contributed by atoms with Crippen molar-refractivity contribution in [3.63, 3.8) is 0 Å². The smallest absolute Gasteiger partial charge is 0.244 e. The van der Waals surface area contributed by atoms with E-state index in [1.807, 2.05) is 0 Å². The summed E-state index contributed by atoms with van der Waals surface area (Å²) in [5, 5.41) is 8.89. The summed E-state index contributed by atoms with van der Waals surface area (Å²) in [5.74, 6) is 0. The van der Waals surface area contributed by atoms with Gasteiger partial charge in [0.05, 0.1) is 11.5 Å². The van der Waals surface area contributed by atoms with E-state index >= 15 is 0 Å². The van der Waals surface area contributed by atoms with Crippen molar-refractivity contribution < 1.29 is 13.5 Å². The van der Waals surface area contributed by atoms with Crippen LogP contribution in [0.1, 0.15) is 13.8 Å². The van der Waals surface area contributed by atoms with Crippen LogP contribution in [0.5, 0.6) is 0 Å². The van der Waals surface area contributed by atoms with Gasteiger partial charge in [-0.2, -0.15) is 4.31 Å². The Balaban J connectivity index is 3.08. The molecule has 1 rings (SSSR count). The lowest BCUT2D eigenvalue weighted by molar-refractivity contribution is 0.236. The minimum Gasteiger partial charge on any atom is -0.395 e. The first-order chi connectivity index (χ1) is 7.39. The molecular weight excluding hydrogens is 228 g/mol. The molecule has 1 N–H and O–H groups in total. The van der Waals surface area contributed by atoms with E-state index in [1.165, 1.54) is 4.31 Å². The summed E-state index contributed by atoms with van der Waals surface area (Å²) in [7, 11) is -1.72. The van der Waals surface area contributed by atoms with Crippen molar-refractivity contribution in [2.45, 2.75) is 24.8 Å². The van der Waals surface area contributed by atoms with E-state index in [0.717, 1.165) is 0 Å². The molecule has 0 radical (unpaired) electrons. The van der Waals surface area contributed by atoms with Crippen LogP contribution in [-0.2, 0) is 17.1 Å². The minimum absolute atomic E-state index is 0.120. The first-order valence-corrected chi connectivity index (χ1v) is 6.58. The molecule has 0 bridgehead atoms. The number of sulfonamides is 1. The molecule has 6 heteroatoms. The van der Waals surface area contributed by atoms with Crippen molar-refractivity contribution in [3.8, 4) is 0 Å². The third-order valence-electron chi connectivity index (χ3n) is 2.31. The molecule has 0 saturated heterocycles. The van der Waals surface area contributed by atoms with Crippen LogP contribution in [0, 0.1) is 0 Å². The number of aromatic nitrogens is 1. The lowest BCUT2D eigenvalue weighted by atomic mass is 10.4. The van der Waals surface area contributed by atoms with Crippen LogP contribution in [0.3, 0.4) is 0 Å². The zero-order valence-corrected chi connectivity index (χ0v) is 10.6. The standard InChI is InChI=1S/C10H18N2O3S/c1-9(2)12(6-7-13)16(14,15)10-4-5-11(3)8-10/h4-5,8-9,13H,6-7H2,1-3H3. The molecule has 5 nitrogen and oxygen atoms in total. The van der Waals surface area contributed by atoms with Crippen LogP contribution in [-0.4, -0.2) is 41.6 Å². The molecule has 0 aliphatic rings. The average Bonchev–Trinajstić information content (AvgIpc) is 2.61. The molecule has 0 aromatic carbocycles. The Morgan fingerprint density at radius 3 is 2.50 bits per heavy atom. The van der Waals surface area contributed by atoms with Crippen LogP contribution >= 0.6 is 0 Å². The molecule has 0 aliphatic heterocycles. The SMILES string of the molecule is CC(C)N(CCO)S(=O)(=O)c1ccn(C)c1. The Hall–Kier alpha value is -0.850. The fourth-order valence-electron chi connectivity index (χ4n) is 1.52. The quantitative estimate of drug-likeness (QED) is 0.819. The highest BCUT2D eigenvalue weighted by molar-refractivity contribution is 7.89. The number of rotatable bonds is 5. The number of hydrogen-bond donors (Lipinski definition) is 1. The summed E-state index contributed by atoms with van der Waals surface area (Å²) in [6, 6.07) is 1.39. The molecule has 0 amide bonds. The highest BCUT2D eigenvalue weighted by Crippen LogP contribution is 2.17. The zero-order chi connectivity index (χ0) is 12.3. The number of aliphatic hydroxyl groups excluding tert-OH is 1. The molecular formula is C10H18N2O3S. The maximum absolute atomic E-state index is 12.2. The first kappa shape index (κ1) is 13.2. The molecule has 0 aliphatic carbocycles. The van der Waals surface area contributed by atoms with Gasteiger partial charge >= 0.3 is 0 Å². The first-order valence-electron chi connectivity index (χ1n) is 5.14. The summed E-state index contributed by atoms with van der Waals surface area (Å²) >= 11 is 0. The van der Waals surface area contributed by atoms with E-state index in [4.69, 9.17) is 5.11 Å². The van der Waals surface area contributed by atoms with E-state index in [2.05, 4.69) is 0 Å². The van der Waals surface area contributed by atoms with Crippen molar-refractivity contribution in [2.75, 3.05) is 13.2 Å². The van der Waals surface area contributed by atoms with E-state index in [1.54, 1.807) is 43.9 Å². The Morgan fingerprint density at radius 2 is 2.12 bits per heavy atom. The maximum Gasteiger partial charge on any atom is 0.244 e. The van der Waals surface area contributed by atoms with Crippen molar-refractivity contribution in [2.24, 2.45) is 7.05 Å². The van der Waals surface area contributed by atoms with Gasteiger partial charge in [-0.1, -0.05) is 0 Å². The summed E-state index contributed by atoms with van der Waals surface area (Å²) < 4.78 is 27.3. The summed E-state index contributed by atoms with van der Waals surface area (Å²) in [6.07, 6.45) is 3.24. The minimum atomic E-state index is -3.49. The lowest BCUT2D eigenvalue weighted by Gasteiger charge is -2.24. The molecule has 1 aromatic rings. The molecule has 0 atom stereocenters. The predicted molar refractivity (Wildman–Crippen MR) is 61.5 cm³/mol. The molecule has 92 valence electrons. The van der Waals surface area contributed by atoms with Gasteiger partial charge in [-0.3, -0.25) is 0 Å². The zero-order valence-electron chi connectivity index (χ0n) is 9.79. The van der Waals surface area contributed by atoms with Gasteiger partial charge in [-0.05, 0) is 19.9 Å². The second-order valence-electron chi connectivity index (χ2n) is 3.95. The molecule has 0 unspecified atom stereocenters. The van der Waals surface area contributed by atoms with Gasteiger partial charge in [0.2, 0.25) is 10.0 Å². The van der Waals surface area contributed by atoms with Gasteiger partial charge in [0.15, 0.2) is 0 Å². The molecule has 0 saturated carbocycles. The van der Waals surface area contributed by atoms with Gasteiger partial charge in [0.25, 0.3) is 0 Å². The summed E-state index contributed by atoms with van der Waals surface area (Å²) in [6.45, 7) is 3.52.